The predicted molar refractivity (Wildman–Crippen MR) is 48.3 cm³/mol. The van der Waals surface area contributed by atoms with Crippen LogP contribution in [0, 0.1) is 5.82 Å². The van der Waals surface area contributed by atoms with Crippen molar-refractivity contribution in [1.29, 1.82) is 0 Å². The van der Waals surface area contributed by atoms with Crippen LogP contribution in [-0.2, 0) is 0 Å². The topological polar surface area (TPSA) is 35.2 Å². The van der Waals surface area contributed by atoms with Gasteiger partial charge in [-0.05, 0) is 18.1 Å². The number of ether oxygens (including phenoxy) is 1. The molecule has 13 heavy (non-hydrogen) atoms. The van der Waals surface area contributed by atoms with Crippen LogP contribution in [0.2, 0.25) is 0 Å². The van der Waals surface area contributed by atoms with Gasteiger partial charge in [-0.15, -0.1) is 0 Å². The Morgan fingerprint density at radius 1 is 1.54 bits per heavy atom. The first-order chi connectivity index (χ1) is 6.22. The molecule has 3 heteroatoms. The van der Waals surface area contributed by atoms with Gasteiger partial charge in [-0.3, -0.25) is 0 Å². The minimum Gasteiger partial charge on any atom is -0.496 e. The molecule has 1 aliphatic carbocycles. The van der Waals surface area contributed by atoms with Crippen molar-refractivity contribution >= 4 is 0 Å². The number of methoxy groups -OCH3 is 1. The van der Waals surface area contributed by atoms with Crippen LogP contribution in [0.3, 0.4) is 0 Å². The second kappa shape index (κ2) is 3.00. The van der Waals surface area contributed by atoms with Gasteiger partial charge < -0.3 is 10.5 Å². The Balaban J connectivity index is 2.34. The molecule has 70 valence electrons. The molecule has 2 nitrogen and oxygen atoms in total. The minimum absolute atomic E-state index is 0.222. The van der Waals surface area contributed by atoms with Crippen LogP contribution in [0.4, 0.5) is 4.39 Å². The summed E-state index contributed by atoms with van der Waals surface area (Å²) in [5.74, 6) is 0.698. The smallest absolute Gasteiger partial charge is 0.126 e. The molecule has 1 fully saturated rings. The van der Waals surface area contributed by atoms with E-state index in [0.29, 0.717) is 11.7 Å². The number of rotatable bonds is 2. The van der Waals surface area contributed by atoms with Crippen molar-refractivity contribution < 1.29 is 9.13 Å². The van der Waals surface area contributed by atoms with Crippen molar-refractivity contribution in [2.24, 2.45) is 5.73 Å². The average molecular weight is 181 g/mol. The van der Waals surface area contributed by atoms with E-state index in [4.69, 9.17) is 10.5 Å². The molecule has 1 aromatic rings. The molecule has 1 aromatic carbocycles. The summed E-state index contributed by atoms with van der Waals surface area (Å²) in [6.07, 6.45) is 0.974. The van der Waals surface area contributed by atoms with Crippen molar-refractivity contribution in [2.45, 2.75) is 18.4 Å². The van der Waals surface area contributed by atoms with Crippen molar-refractivity contribution in [1.82, 2.24) is 0 Å². The standard InChI is InChI=1S/C10H12FNO/c1-13-10-4-6(11)2-3-7(10)8-5-9(8)12/h2-4,8-9H,5,12H2,1H3. The van der Waals surface area contributed by atoms with Crippen molar-refractivity contribution in [3.05, 3.63) is 29.6 Å². The molecule has 2 N–H and O–H groups in total. The SMILES string of the molecule is COc1cc(F)ccc1C1CC1N. The lowest BCUT2D eigenvalue weighted by Gasteiger charge is -2.06. The van der Waals surface area contributed by atoms with E-state index in [0.717, 1.165) is 12.0 Å². The predicted octanol–water partition coefficient (Wildman–Crippen LogP) is 1.65. The van der Waals surface area contributed by atoms with Gasteiger partial charge in [-0.25, -0.2) is 4.39 Å². The highest BCUT2D eigenvalue weighted by Crippen LogP contribution is 2.43. The van der Waals surface area contributed by atoms with E-state index in [9.17, 15) is 4.39 Å². The molecular formula is C10H12FNO. The van der Waals surface area contributed by atoms with E-state index in [1.165, 1.54) is 12.1 Å². The first-order valence-electron chi connectivity index (χ1n) is 4.31. The zero-order valence-corrected chi connectivity index (χ0v) is 7.46. The monoisotopic (exact) mass is 181 g/mol. The molecular weight excluding hydrogens is 169 g/mol. The average Bonchev–Trinajstić information content (AvgIpc) is 2.82. The summed E-state index contributed by atoms with van der Waals surface area (Å²) in [5.41, 5.74) is 6.74. The molecule has 0 radical (unpaired) electrons. The maximum Gasteiger partial charge on any atom is 0.126 e. The van der Waals surface area contributed by atoms with E-state index in [1.807, 2.05) is 0 Å². The Bertz CT molecular complexity index is 327. The Morgan fingerprint density at radius 2 is 2.23 bits per heavy atom. The third-order valence-electron chi connectivity index (χ3n) is 2.43. The van der Waals surface area contributed by atoms with Crippen LogP contribution >= 0.6 is 0 Å². The van der Waals surface area contributed by atoms with Crippen molar-refractivity contribution in [3.8, 4) is 5.75 Å². The molecule has 0 amide bonds. The van der Waals surface area contributed by atoms with Crippen LogP contribution in [0.5, 0.6) is 5.75 Å². The highest BCUT2D eigenvalue weighted by molar-refractivity contribution is 5.40. The second-order valence-corrected chi connectivity index (χ2v) is 3.39. The lowest BCUT2D eigenvalue weighted by atomic mass is 10.1. The summed E-state index contributed by atoms with van der Waals surface area (Å²) >= 11 is 0. The molecule has 2 rings (SSSR count). The Labute approximate surface area is 76.5 Å². The molecule has 0 aliphatic heterocycles. The van der Waals surface area contributed by atoms with Gasteiger partial charge in [0.15, 0.2) is 0 Å². The molecule has 0 bridgehead atoms. The quantitative estimate of drug-likeness (QED) is 0.752. The van der Waals surface area contributed by atoms with E-state index >= 15 is 0 Å². The summed E-state index contributed by atoms with van der Waals surface area (Å²) < 4.78 is 17.9. The Kier molecular flexibility index (Phi) is 1.96. The van der Waals surface area contributed by atoms with Gasteiger partial charge in [0, 0.05) is 18.0 Å². The zero-order chi connectivity index (χ0) is 9.42. The maximum atomic E-state index is 12.8. The van der Waals surface area contributed by atoms with Gasteiger partial charge in [0.2, 0.25) is 0 Å². The third-order valence-corrected chi connectivity index (χ3v) is 2.43. The van der Waals surface area contributed by atoms with Gasteiger partial charge in [0.05, 0.1) is 7.11 Å². The normalized spacial score (nSPS) is 25.8. The number of hydrogen-bond donors (Lipinski definition) is 1. The second-order valence-electron chi connectivity index (χ2n) is 3.39. The highest BCUT2D eigenvalue weighted by Gasteiger charge is 2.36. The zero-order valence-electron chi connectivity index (χ0n) is 7.46. The summed E-state index contributed by atoms with van der Waals surface area (Å²) in [5, 5.41) is 0. The Morgan fingerprint density at radius 3 is 2.77 bits per heavy atom. The largest absolute Gasteiger partial charge is 0.496 e. The van der Waals surface area contributed by atoms with Gasteiger partial charge in [0.1, 0.15) is 11.6 Å². The van der Waals surface area contributed by atoms with Gasteiger partial charge in [0.25, 0.3) is 0 Å². The molecule has 1 aliphatic rings. The molecule has 2 unspecified atom stereocenters. The first kappa shape index (κ1) is 8.51. The Hall–Kier alpha value is -1.09. The van der Waals surface area contributed by atoms with Crippen LogP contribution in [-0.4, -0.2) is 13.2 Å². The summed E-state index contributed by atoms with van der Waals surface area (Å²) in [6.45, 7) is 0. The van der Waals surface area contributed by atoms with Crippen LogP contribution in [0.25, 0.3) is 0 Å². The fourth-order valence-electron chi connectivity index (χ4n) is 1.56. The van der Waals surface area contributed by atoms with E-state index in [1.54, 1.807) is 13.2 Å². The van der Waals surface area contributed by atoms with Crippen LogP contribution in [0.15, 0.2) is 18.2 Å². The fraction of sp³-hybridized carbons (Fsp3) is 0.400. The summed E-state index contributed by atoms with van der Waals surface area (Å²) in [4.78, 5) is 0. The lowest BCUT2D eigenvalue weighted by molar-refractivity contribution is 0.406. The number of benzene rings is 1. The summed E-state index contributed by atoms with van der Waals surface area (Å²) in [6, 6.07) is 4.83. The molecule has 0 heterocycles. The minimum atomic E-state index is -0.269. The molecule has 0 spiro atoms. The van der Waals surface area contributed by atoms with Gasteiger partial charge in [-0.1, -0.05) is 6.07 Å². The summed E-state index contributed by atoms with van der Waals surface area (Å²) in [7, 11) is 1.55. The molecule has 1 saturated carbocycles. The lowest BCUT2D eigenvalue weighted by Crippen LogP contribution is -2.02. The van der Waals surface area contributed by atoms with Gasteiger partial charge >= 0.3 is 0 Å². The first-order valence-corrected chi connectivity index (χ1v) is 4.31. The molecule has 0 aromatic heterocycles. The van der Waals surface area contributed by atoms with E-state index in [-0.39, 0.29) is 11.9 Å². The van der Waals surface area contributed by atoms with Crippen LogP contribution < -0.4 is 10.5 Å². The van der Waals surface area contributed by atoms with Gasteiger partial charge in [-0.2, -0.15) is 0 Å². The van der Waals surface area contributed by atoms with E-state index in [2.05, 4.69) is 0 Å². The van der Waals surface area contributed by atoms with E-state index < -0.39 is 0 Å². The third kappa shape index (κ3) is 1.52. The fourth-order valence-corrected chi connectivity index (χ4v) is 1.56. The number of hydrogen-bond acceptors (Lipinski definition) is 2. The highest BCUT2D eigenvalue weighted by atomic mass is 19.1. The van der Waals surface area contributed by atoms with Crippen molar-refractivity contribution in [3.63, 3.8) is 0 Å². The van der Waals surface area contributed by atoms with Crippen LogP contribution in [0.1, 0.15) is 17.9 Å². The molecule has 0 saturated heterocycles. The van der Waals surface area contributed by atoms with Crippen molar-refractivity contribution in [2.75, 3.05) is 7.11 Å². The molecule has 2 atom stereocenters. The maximum absolute atomic E-state index is 12.8. The number of halogens is 1. The number of nitrogens with two attached hydrogens (primary N) is 1.